The minimum atomic E-state index is -0.117. The molecule has 0 aliphatic carbocycles. The number of hydrogen-bond acceptors (Lipinski definition) is 2. The van der Waals surface area contributed by atoms with Gasteiger partial charge in [-0.1, -0.05) is 6.92 Å². The van der Waals surface area contributed by atoms with Gasteiger partial charge in [0.1, 0.15) is 5.82 Å². The molecule has 1 fully saturated rings. The van der Waals surface area contributed by atoms with Crippen LogP contribution in [0.25, 0.3) is 0 Å². The summed E-state index contributed by atoms with van der Waals surface area (Å²) < 4.78 is 8.41. The minimum absolute atomic E-state index is 0.0382. The Labute approximate surface area is 97.8 Å². The first-order chi connectivity index (χ1) is 7.36. The lowest BCUT2D eigenvalue weighted by Gasteiger charge is -2.28. The number of imidazole rings is 1. The van der Waals surface area contributed by atoms with Crippen molar-refractivity contribution in [1.29, 1.82) is 0 Å². The van der Waals surface area contributed by atoms with Gasteiger partial charge in [0.25, 0.3) is 0 Å². The van der Waals surface area contributed by atoms with Gasteiger partial charge in [-0.2, -0.15) is 0 Å². The van der Waals surface area contributed by atoms with Crippen LogP contribution in [0.5, 0.6) is 0 Å². The number of aromatic nitrogens is 2. The summed E-state index contributed by atoms with van der Waals surface area (Å²) in [7, 11) is 0. The molecule has 1 aliphatic heterocycles. The van der Waals surface area contributed by atoms with Crippen molar-refractivity contribution in [2.24, 2.45) is 0 Å². The van der Waals surface area contributed by atoms with Gasteiger partial charge in [-0.05, 0) is 34.1 Å². The number of rotatable bonds is 2. The van der Waals surface area contributed by atoms with E-state index in [0.717, 1.165) is 18.7 Å². The first kappa shape index (κ1) is 11.6. The number of nitrogens with zero attached hydrogens (tertiary/aromatic N) is 2. The molecule has 0 spiro atoms. The van der Waals surface area contributed by atoms with Crippen molar-refractivity contribution in [3.05, 3.63) is 18.2 Å². The fourth-order valence-corrected chi connectivity index (χ4v) is 2.87. The van der Waals surface area contributed by atoms with Gasteiger partial charge in [0.2, 0.25) is 0 Å². The first-order valence-corrected chi connectivity index (χ1v) is 6.07. The van der Waals surface area contributed by atoms with Crippen LogP contribution in [0.4, 0.5) is 0 Å². The molecule has 0 aromatic carbocycles. The molecule has 16 heavy (non-hydrogen) atoms. The Hall–Kier alpha value is -0.830. The second-order valence-corrected chi connectivity index (χ2v) is 5.79. The van der Waals surface area contributed by atoms with E-state index in [9.17, 15) is 0 Å². The summed E-state index contributed by atoms with van der Waals surface area (Å²) in [4.78, 5) is 4.40. The summed E-state index contributed by atoms with van der Waals surface area (Å²) in [6, 6.07) is 0.389. The van der Waals surface area contributed by atoms with Crippen LogP contribution in [0, 0.1) is 0 Å². The third-order valence-electron chi connectivity index (χ3n) is 3.43. The molecule has 1 aromatic rings. The number of aryl methyl sites for hydroxylation is 1. The maximum absolute atomic E-state index is 6.12. The van der Waals surface area contributed by atoms with Crippen LogP contribution in [0.15, 0.2) is 12.4 Å². The van der Waals surface area contributed by atoms with Crippen LogP contribution in [-0.2, 0) is 11.2 Å². The molecule has 90 valence electrons. The van der Waals surface area contributed by atoms with Gasteiger partial charge in [0, 0.05) is 18.8 Å². The molecular weight excluding hydrogens is 200 g/mol. The molecule has 1 saturated heterocycles. The Morgan fingerprint density at radius 3 is 2.62 bits per heavy atom. The fraction of sp³-hybridized carbons (Fsp3) is 0.769. The lowest BCUT2D eigenvalue weighted by atomic mass is 9.94. The molecule has 1 unspecified atom stereocenters. The molecule has 3 nitrogen and oxygen atoms in total. The maximum atomic E-state index is 6.12. The predicted octanol–water partition coefficient (Wildman–Crippen LogP) is 2.96. The van der Waals surface area contributed by atoms with Gasteiger partial charge < -0.3 is 9.30 Å². The SMILES string of the molecule is CCc1nccn1C1CC(C)(C)OC1(C)C. The van der Waals surface area contributed by atoms with Crippen molar-refractivity contribution < 1.29 is 4.74 Å². The average molecular weight is 222 g/mol. The summed E-state index contributed by atoms with van der Waals surface area (Å²) in [6.45, 7) is 10.8. The van der Waals surface area contributed by atoms with Crippen LogP contribution in [0.1, 0.15) is 52.9 Å². The summed E-state index contributed by atoms with van der Waals surface area (Å²) in [5.74, 6) is 1.15. The topological polar surface area (TPSA) is 27.1 Å². The maximum Gasteiger partial charge on any atom is 0.108 e. The normalized spacial score (nSPS) is 27.2. The Balaban J connectivity index is 2.34. The Bertz CT molecular complexity index is 379. The van der Waals surface area contributed by atoms with E-state index in [1.807, 2.05) is 6.20 Å². The molecular formula is C13H22N2O. The van der Waals surface area contributed by atoms with E-state index in [1.165, 1.54) is 0 Å². The van der Waals surface area contributed by atoms with Crippen LogP contribution < -0.4 is 0 Å². The van der Waals surface area contributed by atoms with E-state index in [0.29, 0.717) is 6.04 Å². The van der Waals surface area contributed by atoms with Crippen molar-refractivity contribution in [3.63, 3.8) is 0 Å². The second kappa shape index (κ2) is 3.59. The first-order valence-electron chi connectivity index (χ1n) is 6.07. The van der Waals surface area contributed by atoms with Crippen LogP contribution in [-0.4, -0.2) is 20.8 Å². The molecule has 1 atom stereocenters. The summed E-state index contributed by atoms with van der Waals surface area (Å²) in [6.07, 6.45) is 5.99. The fourth-order valence-electron chi connectivity index (χ4n) is 2.87. The largest absolute Gasteiger partial charge is 0.367 e. The van der Waals surface area contributed by atoms with Crippen molar-refractivity contribution >= 4 is 0 Å². The smallest absolute Gasteiger partial charge is 0.108 e. The molecule has 3 heteroatoms. The van der Waals surface area contributed by atoms with E-state index in [-0.39, 0.29) is 11.2 Å². The number of hydrogen-bond donors (Lipinski definition) is 0. The van der Waals surface area contributed by atoms with Crippen molar-refractivity contribution in [1.82, 2.24) is 9.55 Å². The standard InChI is InChI=1S/C13H22N2O/c1-6-11-14-7-8-15(11)10-9-12(2,3)16-13(10,4)5/h7-8,10H,6,9H2,1-5H3. The molecule has 0 N–H and O–H groups in total. The molecule has 0 saturated carbocycles. The third-order valence-corrected chi connectivity index (χ3v) is 3.43. The lowest BCUT2D eigenvalue weighted by Crippen LogP contribution is -2.31. The van der Waals surface area contributed by atoms with Crippen molar-refractivity contribution in [3.8, 4) is 0 Å². The van der Waals surface area contributed by atoms with Crippen LogP contribution >= 0.6 is 0 Å². The Morgan fingerprint density at radius 1 is 1.44 bits per heavy atom. The highest BCUT2D eigenvalue weighted by atomic mass is 16.5. The minimum Gasteiger partial charge on any atom is -0.367 e. The molecule has 0 radical (unpaired) electrons. The highest BCUT2D eigenvalue weighted by Gasteiger charge is 2.47. The van der Waals surface area contributed by atoms with E-state index >= 15 is 0 Å². The lowest BCUT2D eigenvalue weighted by molar-refractivity contribution is -0.0730. The third kappa shape index (κ3) is 1.88. The van der Waals surface area contributed by atoms with E-state index < -0.39 is 0 Å². The molecule has 0 amide bonds. The van der Waals surface area contributed by atoms with E-state index in [4.69, 9.17) is 4.74 Å². The van der Waals surface area contributed by atoms with Crippen molar-refractivity contribution in [2.45, 2.75) is 64.7 Å². The van der Waals surface area contributed by atoms with Gasteiger partial charge in [0.15, 0.2) is 0 Å². The summed E-state index contributed by atoms with van der Waals surface area (Å²) in [5.41, 5.74) is -0.155. The quantitative estimate of drug-likeness (QED) is 0.769. The van der Waals surface area contributed by atoms with Crippen LogP contribution in [0.3, 0.4) is 0 Å². The predicted molar refractivity (Wildman–Crippen MR) is 64.5 cm³/mol. The molecule has 0 bridgehead atoms. The monoisotopic (exact) mass is 222 g/mol. The Morgan fingerprint density at radius 2 is 2.12 bits per heavy atom. The van der Waals surface area contributed by atoms with Crippen molar-refractivity contribution in [2.75, 3.05) is 0 Å². The Kier molecular flexibility index (Phi) is 2.61. The highest BCUT2D eigenvalue weighted by molar-refractivity contribution is 5.04. The molecule has 1 aliphatic rings. The molecule has 2 rings (SSSR count). The van der Waals surface area contributed by atoms with Gasteiger partial charge in [0.05, 0.1) is 17.2 Å². The molecule has 1 aromatic heterocycles. The summed E-state index contributed by atoms with van der Waals surface area (Å²) >= 11 is 0. The van der Waals surface area contributed by atoms with Gasteiger partial charge >= 0.3 is 0 Å². The second-order valence-electron chi connectivity index (χ2n) is 5.79. The van der Waals surface area contributed by atoms with Gasteiger partial charge in [-0.15, -0.1) is 0 Å². The zero-order valence-electron chi connectivity index (χ0n) is 10.9. The van der Waals surface area contributed by atoms with Gasteiger partial charge in [-0.3, -0.25) is 0 Å². The van der Waals surface area contributed by atoms with Gasteiger partial charge in [-0.25, -0.2) is 4.98 Å². The highest BCUT2D eigenvalue weighted by Crippen LogP contribution is 2.45. The zero-order chi connectivity index (χ0) is 12.0. The summed E-state index contributed by atoms with van der Waals surface area (Å²) in [5, 5.41) is 0. The van der Waals surface area contributed by atoms with Crippen LogP contribution in [0.2, 0.25) is 0 Å². The zero-order valence-corrected chi connectivity index (χ0v) is 10.9. The molecule has 2 heterocycles. The van der Waals surface area contributed by atoms with E-state index in [2.05, 4.69) is 50.4 Å². The number of ether oxygens (including phenoxy) is 1. The van der Waals surface area contributed by atoms with E-state index in [1.54, 1.807) is 0 Å². The average Bonchev–Trinajstić information content (AvgIpc) is 2.66.